The van der Waals surface area contributed by atoms with Gasteiger partial charge in [-0.2, -0.15) is 0 Å². The highest BCUT2D eigenvalue weighted by atomic mass is 32.2. The number of halogens is 2. The molecule has 0 bridgehead atoms. The fraction of sp³-hybridized carbons (Fsp3) is 0.250. The summed E-state index contributed by atoms with van der Waals surface area (Å²) in [5.74, 6) is -0.106. The van der Waals surface area contributed by atoms with E-state index in [9.17, 15) is 13.0 Å². The van der Waals surface area contributed by atoms with E-state index in [1.165, 1.54) is 18.2 Å². The van der Waals surface area contributed by atoms with Crippen molar-refractivity contribution in [1.29, 1.82) is 0 Å². The first-order chi connectivity index (χ1) is 10.6. The molecule has 0 fully saturated rings. The minimum absolute atomic E-state index is 0.0778. The van der Waals surface area contributed by atoms with Crippen molar-refractivity contribution < 1.29 is 22.5 Å². The van der Waals surface area contributed by atoms with E-state index >= 15 is 0 Å². The van der Waals surface area contributed by atoms with Crippen molar-refractivity contribution in [1.82, 2.24) is 0 Å². The lowest BCUT2D eigenvalue weighted by atomic mass is 10.1. The molecule has 1 aliphatic heterocycles. The van der Waals surface area contributed by atoms with Crippen molar-refractivity contribution in [2.45, 2.75) is 18.1 Å². The van der Waals surface area contributed by atoms with Gasteiger partial charge in [0.15, 0.2) is 6.79 Å². The van der Waals surface area contributed by atoms with Gasteiger partial charge in [0.2, 0.25) is 0 Å². The van der Waals surface area contributed by atoms with Crippen LogP contribution in [-0.2, 0) is 33.6 Å². The Balaban J connectivity index is 1.80. The van der Waals surface area contributed by atoms with Crippen LogP contribution in [-0.4, -0.2) is 11.0 Å². The molecule has 0 N–H and O–H groups in total. The van der Waals surface area contributed by atoms with E-state index in [2.05, 4.69) is 0 Å². The second-order valence-electron chi connectivity index (χ2n) is 4.98. The minimum Gasteiger partial charge on any atom is -0.467 e. The average molecular weight is 324 g/mol. The molecule has 116 valence electrons. The van der Waals surface area contributed by atoms with Crippen LogP contribution in [0.1, 0.15) is 16.7 Å². The van der Waals surface area contributed by atoms with Crippen LogP contribution in [0.5, 0.6) is 5.75 Å². The molecule has 0 unspecified atom stereocenters. The second-order valence-corrected chi connectivity index (χ2v) is 6.44. The van der Waals surface area contributed by atoms with Crippen molar-refractivity contribution in [2.75, 3.05) is 6.79 Å². The van der Waals surface area contributed by atoms with Crippen molar-refractivity contribution >= 4 is 10.8 Å². The summed E-state index contributed by atoms with van der Waals surface area (Å²) in [5.41, 5.74) is 1.51. The Morgan fingerprint density at radius 2 is 1.86 bits per heavy atom. The van der Waals surface area contributed by atoms with Gasteiger partial charge in [-0.3, -0.25) is 4.21 Å². The van der Waals surface area contributed by atoms with Gasteiger partial charge in [0, 0.05) is 27.5 Å². The zero-order valence-corrected chi connectivity index (χ0v) is 12.5. The largest absolute Gasteiger partial charge is 0.467 e. The van der Waals surface area contributed by atoms with Crippen molar-refractivity contribution in [3.63, 3.8) is 0 Å². The monoisotopic (exact) mass is 324 g/mol. The van der Waals surface area contributed by atoms with Gasteiger partial charge in [-0.15, -0.1) is 0 Å². The molecule has 1 aliphatic rings. The Labute approximate surface area is 129 Å². The first kappa shape index (κ1) is 15.1. The Morgan fingerprint density at radius 3 is 2.68 bits per heavy atom. The standard InChI is InChI=1S/C16H14F2O3S/c17-14-5-12-7-20-10-21-16(12)13(6-14)9-22(19)8-11-3-1-2-4-15(11)18/h1-6H,7-10H2/t22-/m0/s1. The van der Waals surface area contributed by atoms with Gasteiger partial charge in [0.1, 0.15) is 17.4 Å². The van der Waals surface area contributed by atoms with E-state index in [-0.39, 0.29) is 30.7 Å². The molecular weight excluding hydrogens is 310 g/mol. The van der Waals surface area contributed by atoms with Crippen LogP contribution < -0.4 is 4.74 Å². The maximum Gasteiger partial charge on any atom is 0.189 e. The van der Waals surface area contributed by atoms with Gasteiger partial charge < -0.3 is 9.47 Å². The molecule has 2 aromatic rings. The molecule has 22 heavy (non-hydrogen) atoms. The summed E-state index contributed by atoms with van der Waals surface area (Å²) in [6.07, 6.45) is 0. The van der Waals surface area contributed by atoms with Gasteiger partial charge in [0.25, 0.3) is 0 Å². The highest BCUT2D eigenvalue weighted by molar-refractivity contribution is 7.83. The maximum atomic E-state index is 13.6. The predicted octanol–water partition coefficient (Wildman–Crippen LogP) is 3.28. The van der Waals surface area contributed by atoms with E-state index in [1.807, 2.05) is 0 Å². The highest BCUT2D eigenvalue weighted by Gasteiger charge is 2.19. The molecular formula is C16H14F2O3S. The van der Waals surface area contributed by atoms with Crippen LogP contribution in [0.15, 0.2) is 36.4 Å². The SMILES string of the molecule is O=[S@@](Cc1ccccc1F)Cc1cc(F)cc2c1OCOC2. The van der Waals surface area contributed by atoms with Gasteiger partial charge >= 0.3 is 0 Å². The van der Waals surface area contributed by atoms with Crippen LogP contribution in [0.2, 0.25) is 0 Å². The normalized spacial score (nSPS) is 15.0. The minimum atomic E-state index is -1.37. The van der Waals surface area contributed by atoms with Gasteiger partial charge in [-0.1, -0.05) is 18.2 Å². The highest BCUT2D eigenvalue weighted by Crippen LogP contribution is 2.30. The van der Waals surface area contributed by atoms with Gasteiger partial charge in [-0.25, -0.2) is 8.78 Å². The molecule has 1 atom stereocenters. The lowest BCUT2D eigenvalue weighted by Crippen LogP contribution is -2.14. The van der Waals surface area contributed by atoms with Crippen LogP contribution in [0, 0.1) is 11.6 Å². The maximum absolute atomic E-state index is 13.6. The van der Waals surface area contributed by atoms with Gasteiger partial charge in [0.05, 0.1) is 18.1 Å². The summed E-state index contributed by atoms with van der Waals surface area (Å²) < 4.78 is 50.0. The van der Waals surface area contributed by atoms with E-state index < -0.39 is 16.6 Å². The summed E-state index contributed by atoms with van der Waals surface area (Å²) >= 11 is 0. The third-order valence-electron chi connectivity index (χ3n) is 3.34. The fourth-order valence-corrected chi connectivity index (χ4v) is 3.62. The first-order valence-electron chi connectivity index (χ1n) is 6.73. The molecule has 6 heteroatoms. The molecule has 0 spiro atoms. The molecule has 0 aromatic heterocycles. The Bertz CT molecular complexity index is 719. The number of rotatable bonds is 4. The molecule has 0 saturated heterocycles. The third kappa shape index (κ3) is 3.34. The number of fused-ring (bicyclic) bond motifs is 1. The first-order valence-corrected chi connectivity index (χ1v) is 8.22. The molecule has 1 heterocycles. The van der Waals surface area contributed by atoms with E-state index in [4.69, 9.17) is 9.47 Å². The molecule has 0 aliphatic carbocycles. The predicted molar refractivity (Wildman–Crippen MR) is 78.6 cm³/mol. The topological polar surface area (TPSA) is 35.5 Å². The Kier molecular flexibility index (Phi) is 4.49. The van der Waals surface area contributed by atoms with Gasteiger partial charge in [-0.05, 0) is 18.2 Å². The zero-order valence-electron chi connectivity index (χ0n) is 11.7. The molecule has 0 radical (unpaired) electrons. The quantitative estimate of drug-likeness (QED) is 0.866. The van der Waals surface area contributed by atoms with Crippen LogP contribution in [0.25, 0.3) is 0 Å². The summed E-state index contributed by atoms with van der Waals surface area (Å²) in [4.78, 5) is 0. The number of benzene rings is 2. The van der Waals surface area contributed by atoms with Crippen molar-refractivity contribution in [2.24, 2.45) is 0 Å². The Hall–Kier alpha value is -1.79. The third-order valence-corrected chi connectivity index (χ3v) is 4.61. The van der Waals surface area contributed by atoms with Crippen LogP contribution >= 0.6 is 0 Å². The molecule has 3 nitrogen and oxygen atoms in total. The zero-order chi connectivity index (χ0) is 15.5. The number of hydrogen-bond donors (Lipinski definition) is 0. The lowest BCUT2D eigenvalue weighted by molar-refractivity contribution is -0.0171. The summed E-state index contributed by atoms with van der Waals surface area (Å²) in [6, 6.07) is 8.86. The van der Waals surface area contributed by atoms with E-state index in [0.29, 0.717) is 22.4 Å². The number of ether oxygens (including phenoxy) is 2. The summed E-state index contributed by atoms with van der Waals surface area (Å²) in [7, 11) is -1.37. The molecule has 0 amide bonds. The smallest absolute Gasteiger partial charge is 0.189 e. The lowest BCUT2D eigenvalue weighted by Gasteiger charge is -2.20. The van der Waals surface area contributed by atoms with E-state index in [0.717, 1.165) is 0 Å². The van der Waals surface area contributed by atoms with Crippen molar-refractivity contribution in [3.8, 4) is 5.75 Å². The fourth-order valence-electron chi connectivity index (χ4n) is 2.38. The second kappa shape index (κ2) is 6.54. The Morgan fingerprint density at radius 1 is 1.09 bits per heavy atom. The molecule has 0 saturated carbocycles. The number of hydrogen-bond acceptors (Lipinski definition) is 3. The average Bonchev–Trinajstić information content (AvgIpc) is 2.49. The molecule has 3 rings (SSSR count). The molecule has 2 aromatic carbocycles. The summed E-state index contributed by atoms with van der Waals surface area (Å²) in [6.45, 7) is 0.353. The van der Waals surface area contributed by atoms with Crippen LogP contribution in [0.4, 0.5) is 8.78 Å². The van der Waals surface area contributed by atoms with Crippen molar-refractivity contribution in [3.05, 3.63) is 64.7 Å². The summed E-state index contributed by atoms with van der Waals surface area (Å²) in [5, 5.41) is 0. The van der Waals surface area contributed by atoms with E-state index in [1.54, 1.807) is 18.2 Å². The van der Waals surface area contributed by atoms with Crippen LogP contribution in [0.3, 0.4) is 0 Å².